The minimum absolute atomic E-state index is 0.0288. The van der Waals surface area contributed by atoms with Gasteiger partial charge < -0.3 is 20.0 Å². The zero-order valence-corrected chi connectivity index (χ0v) is 20.6. The van der Waals surface area contributed by atoms with Crippen molar-refractivity contribution in [3.05, 3.63) is 101 Å². The second-order valence-electron chi connectivity index (χ2n) is 8.42. The molecule has 0 unspecified atom stereocenters. The van der Waals surface area contributed by atoms with E-state index >= 15 is 0 Å². The Bertz CT molecular complexity index is 1530. The first-order valence-corrected chi connectivity index (χ1v) is 12.2. The van der Waals surface area contributed by atoms with Crippen molar-refractivity contribution in [2.24, 2.45) is 0 Å². The molecule has 0 atom stereocenters. The molecular weight excluding hydrogens is 495 g/mol. The van der Waals surface area contributed by atoms with Crippen LogP contribution in [-0.4, -0.2) is 38.9 Å². The molecule has 3 heterocycles. The van der Waals surface area contributed by atoms with Gasteiger partial charge in [0.25, 0.3) is 5.91 Å². The number of pyridine rings is 1. The molecule has 3 N–H and O–H groups in total. The Morgan fingerprint density at radius 1 is 1.03 bits per heavy atom. The number of oxazole rings is 1. The summed E-state index contributed by atoms with van der Waals surface area (Å²) in [5.41, 5.74) is 4.31. The van der Waals surface area contributed by atoms with Crippen molar-refractivity contribution in [2.75, 3.05) is 13.1 Å². The Morgan fingerprint density at radius 2 is 1.89 bits per heavy atom. The fraction of sp³-hybridized carbons (Fsp3) is 0.185. The van der Waals surface area contributed by atoms with Crippen LogP contribution >= 0.6 is 11.6 Å². The Hall–Kier alpha value is -4.08. The summed E-state index contributed by atoms with van der Waals surface area (Å²) in [6.07, 6.45) is 4.01. The Balaban J connectivity index is 1.07. The van der Waals surface area contributed by atoms with Gasteiger partial charge in [-0.1, -0.05) is 29.8 Å². The summed E-state index contributed by atoms with van der Waals surface area (Å²) in [5.74, 6) is 0.417. The normalized spacial score (nSPS) is 11.2. The summed E-state index contributed by atoms with van der Waals surface area (Å²) in [5, 5.41) is 6.63. The molecule has 0 saturated heterocycles. The van der Waals surface area contributed by atoms with E-state index in [0.29, 0.717) is 30.4 Å². The number of hydrogen-bond acceptors (Lipinski definition) is 6. The predicted molar refractivity (Wildman–Crippen MR) is 139 cm³/mol. The van der Waals surface area contributed by atoms with E-state index in [0.717, 1.165) is 34.4 Å². The SMILES string of the molecule is O=C(NCc1ncccc1F)c1coc(CCNCCc2nc3cc(-c4cccc(Cl)c4)ccc3[nH]2)n1. The van der Waals surface area contributed by atoms with Crippen LogP contribution < -0.4 is 10.6 Å². The van der Waals surface area contributed by atoms with Crippen LogP contribution in [0.3, 0.4) is 0 Å². The van der Waals surface area contributed by atoms with Gasteiger partial charge in [0.2, 0.25) is 0 Å². The molecule has 0 radical (unpaired) electrons. The maximum atomic E-state index is 13.6. The molecule has 0 fully saturated rings. The van der Waals surface area contributed by atoms with E-state index in [1.807, 2.05) is 30.3 Å². The highest BCUT2D eigenvalue weighted by Crippen LogP contribution is 2.25. The van der Waals surface area contributed by atoms with Crippen LogP contribution in [0.5, 0.6) is 0 Å². The van der Waals surface area contributed by atoms with Crippen LogP contribution in [0.15, 0.2) is 71.5 Å². The van der Waals surface area contributed by atoms with Gasteiger partial charge in [0.1, 0.15) is 17.9 Å². The number of fused-ring (bicyclic) bond motifs is 1. The van der Waals surface area contributed by atoms with E-state index in [9.17, 15) is 9.18 Å². The third-order valence-electron chi connectivity index (χ3n) is 5.78. The van der Waals surface area contributed by atoms with Crippen molar-refractivity contribution in [2.45, 2.75) is 19.4 Å². The van der Waals surface area contributed by atoms with Crippen LogP contribution in [0.2, 0.25) is 5.02 Å². The number of nitrogens with one attached hydrogen (secondary N) is 3. The number of nitrogens with zero attached hydrogens (tertiary/aromatic N) is 3. The molecule has 0 aliphatic rings. The molecule has 10 heteroatoms. The number of imidazole rings is 1. The fourth-order valence-electron chi connectivity index (χ4n) is 3.88. The summed E-state index contributed by atoms with van der Waals surface area (Å²) in [7, 11) is 0. The van der Waals surface area contributed by atoms with Gasteiger partial charge in [-0.05, 0) is 47.5 Å². The van der Waals surface area contributed by atoms with Gasteiger partial charge in [0.05, 0.1) is 23.3 Å². The highest BCUT2D eigenvalue weighted by molar-refractivity contribution is 6.30. The number of hydrogen-bond donors (Lipinski definition) is 3. The van der Waals surface area contributed by atoms with Gasteiger partial charge in [-0.2, -0.15) is 0 Å². The predicted octanol–water partition coefficient (Wildman–Crippen LogP) is 4.71. The van der Waals surface area contributed by atoms with Crippen molar-refractivity contribution in [1.82, 2.24) is 30.6 Å². The Morgan fingerprint density at radius 3 is 2.76 bits per heavy atom. The lowest BCUT2D eigenvalue weighted by atomic mass is 10.1. The lowest BCUT2D eigenvalue weighted by Gasteiger charge is -2.03. The van der Waals surface area contributed by atoms with Crippen LogP contribution in [-0.2, 0) is 19.4 Å². The number of halogens is 2. The van der Waals surface area contributed by atoms with E-state index in [2.05, 4.69) is 37.7 Å². The van der Waals surface area contributed by atoms with Crippen LogP contribution in [0.4, 0.5) is 4.39 Å². The highest BCUT2D eigenvalue weighted by Gasteiger charge is 2.13. The van der Waals surface area contributed by atoms with Crippen molar-refractivity contribution in [1.29, 1.82) is 0 Å². The molecule has 0 aliphatic heterocycles. The topological polar surface area (TPSA) is 109 Å². The first-order chi connectivity index (χ1) is 18.0. The smallest absolute Gasteiger partial charge is 0.273 e. The lowest BCUT2D eigenvalue weighted by Crippen LogP contribution is -2.24. The highest BCUT2D eigenvalue weighted by atomic mass is 35.5. The minimum Gasteiger partial charge on any atom is -0.448 e. The number of H-pyrrole nitrogens is 1. The first kappa shape index (κ1) is 24.6. The van der Waals surface area contributed by atoms with Gasteiger partial charge in [-0.3, -0.25) is 9.78 Å². The monoisotopic (exact) mass is 518 g/mol. The summed E-state index contributed by atoms with van der Waals surface area (Å²) in [6, 6.07) is 16.7. The molecule has 188 valence electrons. The quantitative estimate of drug-likeness (QED) is 0.231. The number of benzene rings is 2. The van der Waals surface area contributed by atoms with Crippen LogP contribution in [0, 0.1) is 5.82 Å². The molecule has 1 amide bonds. The van der Waals surface area contributed by atoms with Crippen LogP contribution in [0.25, 0.3) is 22.2 Å². The zero-order chi connectivity index (χ0) is 25.6. The summed E-state index contributed by atoms with van der Waals surface area (Å²) < 4.78 is 19.0. The van der Waals surface area contributed by atoms with Gasteiger partial charge in [0.15, 0.2) is 11.6 Å². The van der Waals surface area contributed by atoms with E-state index in [4.69, 9.17) is 21.0 Å². The molecule has 8 nitrogen and oxygen atoms in total. The standard InChI is InChI=1S/C27H24ClFN6O2/c28-19-4-1-3-17(13-19)18-6-7-21-22(14-18)34-25(33-21)8-11-30-12-9-26-35-24(16-37-26)27(36)32-15-23-20(29)5-2-10-31-23/h1-7,10,13-14,16,30H,8-9,11-12,15H2,(H,32,36)(H,33,34). The number of rotatable bonds is 10. The molecule has 0 aliphatic carbocycles. The second-order valence-corrected chi connectivity index (χ2v) is 8.85. The van der Waals surface area contributed by atoms with Crippen molar-refractivity contribution >= 4 is 28.5 Å². The lowest BCUT2D eigenvalue weighted by molar-refractivity contribution is 0.0945. The molecule has 37 heavy (non-hydrogen) atoms. The number of amides is 1. The second kappa shape index (κ2) is 11.3. The van der Waals surface area contributed by atoms with Crippen LogP contribution in [0.1, 0.15) is 27.9 Å². The molecule has 0 saturated carbocycles. The maximum Gasteiger partial charge on any atom is 0.273 e. The molecule has 0 bridgehead atoms. The van der Waals surface area contributed by atoms with Crippen molar-refractivity contribution in [3.8, 4) is 11.1 Å². The third kappa shape index (κ3) is 6.19. The number of carbonyl (C=O) groups is 1. The number of aromatic nitrogens is 4. The molecule has 5 rings (SSSR count). The fourth-order valence-corrected chi connectivity index (χ4v) is 4.08. The summed E-state index contributed by atoms with van der Waals surface area (Å²) >= 11 is 6.12. The van der Waals surface area contributed by atoms with Crippen molar-refractivity contribution < 1.29 is 13.6 Å². The zero-order valence-electron chi connectivity index (χ0n) is 19.8. The van der Waals surface area contributed by atoms with E-state index in [-0.39, 0.29) is 17.9 Å². The molecule has 5 aromatic rings. The Kier molecular flexibility index (Phi) is 7.53. The van der Waals surface area contributed by atoms with E-state index < -0.39 is 11.7 Å². The van der Waals surface area contributed by atoms with Gasteiger partial charge >= 0.3 is 0 Å². The van der Waals surface area contributed by atoms with Crippen molar-refractivity contribution in [3.63, 3.8) is 0 Å². The van der Waals surface area contributed by atoms with Gasteiger partial charge in [-0.15, -0.1) is 0 Å². The van der Waals surface area contributed by atoms with Gasteiger partial charge in [0, 0.05) is 37.2 Å². The number of carbonyl (C=O) groups excluding carboxylic acids is 1. The number of aromatic amines is 1. The minimum atomic E-state index is -0.473. The molecular formula is C27H24ClFN6O2. The molecule has 3 aromatic heterocycles. The summed E-state index contributed by atoms with van der Waals surface area (Å²) in [4.78, 5) is 28.4. The average Bonchev–Trinajstić information content (AvgIpc) is 3.54. The molecule has 2 aromatic carbocycles. The van der Waals surface area contributed by atoms with E-state index in [1.165, 1.54) is 24.6 Å². The average molecular weight is 519 g/mol. The van der Waals surface area contributed by atoms with Gasteiger partial charge in [-0.25, -0.2) is 14.4 Å². The van der Waals surface area contributed by atoms with E-state index in [1.54, 1.807) is 0 Å². The maximum absolute atomic E-state index is 13.6. The Labute approximate surface area is 217 Å². The molecule has 0 spiro atoms. The third-order valence-corrected chi connectivity index (χ3v) is 6.01. The summed E-state index contributed by atoms with van der Waals surface area (Å²) in [6.45, 7) is 1.31. The largest absolute Gasteiger partial charge is 0.448 e. The first-order valence-electron chi connectivity index (χ1n) is 11.8.